The van der Waals surface area contributed by atoms with E-state index in [1.807, 2.05) is 16.1 Å². The molecule has 3 heterocycles. The molecule has 2 aliphatic carbocycles. The van der Waals surface area contributed by atoms with Crippen molar-refractivity contribution in [1.29, 1.82) is 0 Å². The molecule has 3 aliphatic heterocycles. The summed E-state index contributed by atoms with van der Waals surface area (Å²) in [6, 6.07) is 8.46. The quantitative estimate of drug-likeness (QED) is 0.670. The number of carbonyl (C=O) groups is 1. The Labute approximate surface area is 205 Å². The first-order chi connectivity index (χ1) is 16.7. The number of rotatable bonds is 5. The van der Waals surface area contributed by atoms with Gasteiger partial charge in [-0.1, -0.05) is 0 Å². The van der Waals surface area contributed by atoms with Gasteiger partial charge < -0.3 is 14.9 Å². The van der Waals surface area contributed by atoms with Gasteiger partial charge in [0.15, 0.2) is 0 Å². The van der Waals surface area contributed by atoms with Gasteiger partial charge in [-0.25, -0.2) is 8.78 Å². The van der Waals surface area contributed by atoms with Crippen LogP contribution in [0.3, 0.4) is 0 Å². The van der Waals surface area contributed by atoms with Gasteiger partial charge in [-0.2, -0.15) is 5.10 Å². The summed E-state index contributed by atoms with van der Waals surface area (Å²) in [4.78, 5) is 16.6. The van der Waals surface area contributed by atoms with E-state index < -0.39 is 11.5 Å². The molecule has 1 amide bonds. The lowest BCUT2D eigenvalue weighted by Crippen LogP contribution is -2.52. The van der Waals surface area contributed by atoms with E-state index in [2.05, 4.69) is 34.3 Å². The summed E-state index contributed by atoms with van der Waals surface area (Å²) < 4.78 is 26.8. The first-order valence-corrected chi connectivity index (χ1v) is 13.3. The van der Waals surface area contributed by atoms with Crippen molar-refractivity contribution in [2.45, 2.75) is 81.8 Å². The molecule has 190 valence electrons. The molecule has 6 rings (SSSR count). The highest BCUT2D eigenvalue weighted by Gasteiger charge is 2.56. The van der Waals surface area contributed by atoms with E-state index in [1.165, 1.54) is 0 Å². The number of benzene rings is 1. The number of piperidine rings is 2. The number of amides is 1. The summed E-state index contributed by atoms with van der Waals surface area (Å²) in [7, 11) is 0. The minimum absolute atomic E-state index is 0.0579. The molecule has 1 atom stereocenters. The Morgan fingerprint density at radius 1 is 0.971 bits per heavy atom. The van der Waals surface area contributed by atoms with Crippen LogP contribution in [0.25, 0.3) is 0 Å². The van der Waals surface area contributed by atoms with Gasteiger partial charge in [0.1, 0.15) is 0 Å². The maximum atomic E-state index is 13.4. The zero-order chi connectivity index (χ0) is 24.3. The summed E-state index contributed by atoms with van der Waals surface area (Å²) in [5.41, 5.74) is 1.23. The Morgan fingerprint density at radius 3 is 2.20 bits per heavy atom. The standard InChI is InChI=1S/C27H36F2N4O2/c28-27(29)18-25(19-27)8-13-31(14-9-25)21-3-5-22(6-4-21)33-23(7-12-30-33)17-26(35)10-15-32(16-11-26)24(34)20-1-2-20/h3-6,12,20,23,35H,1-2,7-11,13-19H2. The molecule has 2 saturated carbocycles. The van der Waals surface area contributed by atoms with E-state index in [-0.39, 0.29) is 36.1 Å². The SMILES string of the molecule is O=C(C1CC1)N1CCC(O)(CC2CC=NN2c2ccc(N3CCC4(CC3)CC(F)(F)C4)cc2)CC1. The summed E-state index contributed by atoms with van der Waals surface area (Å²) >= 11 is 0. The second-order valence-corrected chi connectivity index (χ2v) is 11.8. The number of hydrogen-bond donors (Lipinski definition) is 1. The average molecular weight is 487 g/mol. The van der Waals surface area contributed by atoms with Crippen molar-refractivity contribution < 1.29 is 18.7 Å². The molecule has 8 heteroatoms. The first-order valence-electron chi connectivity index (χ1n) is 13.3. The molecule has 0 bridgehead atoms. The Balaban J connectivity index is 1.04. The Kier molecular flexibility index (Phi) is 5.58. The molecule has 0 radical (unpaired) electrons. The third kappa shape index (κ3) is 4.66. The molecule has 6 nitrogen and oxygen atoms in total. The van der Waals surface area contributed by atoms with Crippen molar-refractivity contribution in [1.82, 2.24) is 4.90 Å². The van der Waals surface area contributed by atoms with E-state index in [1.54, 1.807) is 0 Å². The summed E-state index contributed by atoms with van der Waals surface area (Å²) in [5, 5.41) is 17.9. The monoisotopic (exact) mass is 486 g/mol. The highest BCUT2D eigenvalue weighted by atomic mass is 19.3. The number of alkyl halides is 2. The minimum atomic E-state index is -2.45. The minimum Gasteiger partial charge on any atom is -0.390 e. The maximum absolute atomic E-state index is 13.4. The normalized spacial score (nSPS) is 28.9. The van der Waals surface area contributed by atoms with E-state index >= 15 is 0 Å². The molecular weight excluding hydrogens is 450 g/mol. The van der Waals surface area contributed by atoms with Crippen LogP contribution >= 0.6 is 0 Å². The lowest BCUT2D eigenvalue weighted by Gasteiger charge is -2.52. The van der Waals surface area contributed by atoms with E-state index in [9.17, 15) is 18.7 Å². The lowest BCUT2D eigenvalue weighted by molar-refractivity contribution is -0.168. The average Bonchev–Trinajstić information content (AvgIpc) is 3.58. The van der Waals surface area contributed by atoms with Crippen molar-refractivity contribution >= 4 is 23.5 Å². The van der Waals surface area contributed by atoms with Gasteiger partial charge in [-0.3, -0.25) is 9.80 Å². The van der Waals surface area contributed by atoms with E-state index in [0.717, 1.165) is 56.6 Å². The second kappa shape index (κ2) is 8.43. The van der Waals surface area contributed by atoms with Crippen molar-refractivity contribution in [2.24, 2.45) is 16.4 Å². The van der Waals surface area contributed by atoms with Crippen molar-refractivity contribution in [3.63, 3.8) is 0 Å². The van der Waals surface area contributed by atoms with E-state index in [0.29, 0.717) is 32.4 Å². The van der Waals surface area contributed by atoms with Gasteiger partial charge in [0.25, 0.3) is 0 Å². The molecule has 4 fully saturated rings. The van der Waals surface area contributed by atoms with Crippen LogP contribution in [0.1, 0.15) is 64.2 Å². The molecular formula is C27H36F2N4O2. The first kappa shape index (κ1) is 23.2. The summed E-state index contributed by atoms with van der Waals surface area (Å²) in [6.07, 6.45) is 8.43. The van der Waals surface area contributed by atoms with Gasteiger partial charge in [-0.05, 0) is 74.6 Å². The Morgan fingerprint density at radius 2 is 1.60 bits per heavy atom. The number of nitrogens with zero attached hydrogens (tertiary/aromatic N) is 4. The topological polar surface area (TPSA) is 59.4 Å². The number of hydrogen-bond acceptors (Lipinski definition) is 5. The van der Waals surface area contributed by atoms with Crippen molar-refractivity contribution in [3.8, 4) is 0 Å². The van der Waals surface area contributed by atoms with E-state index in [4.69, 9.17) is 0 Å². The fraction of sp³-hybridized carbons (Fsp3) is 0.704. The molecule has 5 aliphatic rings. The lowest BCUT2D eigenvalue weighted by atomic mass is 9.61. The number of likely N-dealkylation sites (tertiary alicyclic amines) is 1. The van der Waals surface area contributed by atoms with Crippen LogP contribution in [-0.2, 0) is 4.79 Å². The van der Waals surface area contributed by atoms with Gasteiger partial charge in [0.2, 0.25) is 11.8 Å². The second-order valence-electron chi connectivity index (χ2n) is 11.8. The maximum Gasteiger partial charge on any atom is 0.249 e. The van der Waals surface area contributed by atoms with Gasteiger partial charge >= 0.3 is 0 Å². The summed E-state index contributed by atoms with van der Waals surface area (Å²) in [6.45, 7) is 2.94. The van der Waals surface area contributed by atoms with Crippen LogP contribution in [-0.4, -0.2) is 65.9 Å². The van der Waals surface area contributed by atoms with Gasteiger partial charge in [-0.15, -0.1) is 0 Å². The molecule has 1 spiro atoms. The zero-order valence-corrected chi connectivity index (χ0v) is 20.3. The molecule has 1 aromatic rings. The van der Waals surface area contributed by atoms with Crippen LogP contribution in [0.4, 0.5) is 20.2 Å². The largest absolute Gasteiger partial charge is 0.390 e. The van der Waals surface area contributed by atoms with Crippen LogP contribution in [0.2, 0.25) is 0 Å². The highest BCUT2D eigenvalue weighted by Crippen LogP contribution is 2.57. The summed E-state index contributed by atoms with van der Waals surface area (Å²) in [5.74, 6) is -1.95. The molecule has 1 aromatic carbocycles. The highest BCUT2D eigenvalue weighted by molar-refractivity contribution is 5.81. The Hall–Kier alpha value is -2.22. The number of anilines is 2. The number of halogens is 2. The fourth-order valence-electron chi connectivity index (χ4n) is 6.73. The van der Waals surface area contributed by atoms with Crippen LogP contribution in [0.5, 0.6) is 0 Å². The molecule has 1 unspecified atom stereocenters. The van der Waals surface area contributed by atoms with Gasteiger partial charge in [0, 0.05) is 63.3 Å². The van der Waals surface area contributed by atoms with Gasteiger partial charge in [0.05, 0.1) is 17.3 Å². The predicted molar refractivity (Wildman–Crippen MR) is 132 cm³/mol. The van der Waals surface area contributed by atoms with Crippen molar-refractivity contribution in [2.75, 3.05) is 36.1 Å². The Bertz CT molecular complexity index is 967. The fourth-order valence-corrected chi connectivity index (χ4v) is 6.73. The zero-order valence-electron chi connectivity index (χ0n) is 20.3. The number of aliphatic hydroxyl groups is 1. The molecule has 1 N–H and O–H groups in total. The van der Waals surface area contributed by atoms with Crippen LogP contribution in [0, 0.1) is 11.3 Å². The number of carbonyl (C=O) groups excluding carboxylic acids is 1. The molecule has 2 saturated heterocycles. The number of hydrazone groups is 1. The van der Waals surface area contributed by atoms with Crippen LogP contribution in [0.15, 0.2) is 29.4 Å². The smallest absolute Gasteiger partial charge is 0.249 e. The van der Waals surface area contributed by atoms with Crippen LogP contribution < -0.4 is 9.91 Å². The molecule has 0 aromatic heterocycles. The third-order valence-corrected chi connectivity index (χ3v) is 9.05. The molecule has 35 heavy (non-hydrogen) atoms. The van der Waals surface area contributed by atoms with Crippen molar-refractivity contribution in [3.05, 3.63) is 24.3 Å². The predicted octanol–water partition coefficient (Wildman–Crippen LogP) is 4.42. The third-order valence-electron chi connectivity index (χ3n) is 9.05.